The largest absolute Gasteiger partial charge is 0.492 e. The van der Waals surface area contributed by atoms with Crippen molar-refractivity contribution in [3.05, 3.63) is 29.8 Å². The van der Waals surface area contributed by atoms with E-state index in [9.17, 15) is 4.79 Å². The molecule has 0 radical (unpaired) electrons. The number of benzene rings is 1. The van der Waals surface area contributed by atoms with E-state index in [1.165, 1.54) is 0 Å². The van der Waals surface area contributed by atoms with Gasteiger partial charge in [0.05, 0.1) is 12.0 Å². The van der Waals surface area contributed by atoms with Gasteiger partial charge in [0, 0.05) is 20.2 Å². The summed E-state index contributed by atoms with van der Waals surface area (Å²) in [6.07, 6.45) is 1.91. The summed E-state index contributed by atoms with van der Waals surface area (Å²) < 4.78 is 11.0. The molecule has 4 heteroatoms. The fourth-order valence-corrected chi connectivity index (χ4v) is 2.87. The van der Waals surface area contributed by atoms with Crippen LogP contribution in [0.2, 0.25) is 0 Å². The van der Waals surface area contributed by atoms with Crippen molar-refractivity contribution in [1.82, 2.24) is 4.90 Å². The molecule has 0 N–H and O–H groups in total. The van der Waals surface area contributed by atoms with E-state index >= 15 is 0 Å². The second-order valence-corrected chi connectivity index (χ2v) is 5.25. The van der Waals surface area contributed by atoms with Gasteiger partial charge in [0.2, 0.25) is 5.91 Å². The van der Waals surface area contributed by atoms with Crippen LogP contribution in [0.5, 0.6) is 5.75 Å². The van der Waals surface area contributed by atoms with Crippen molar-refractivity contribution in [2.24, 2.45) is 5.92 Å². The average Bonchev–Trinajstić information content (AvgIpc) is 2.95. The molecule has 0 aliphatic carbocycles. The highest BCUT2D eigenvalue weighted by molar-refractivity contribution is 5.80. The summed E-state index contributed by atoms with van der Waals surface area (Å²) in [5.74, 6) is 1.07. The Labute approximate surface area is 113 Å². The highest BCUT2D eigenvalue weighted by Gasteiger charge is 2.33. The number of methoxy groups -OCH3 is 1. The average molecular weight is 261 g/mol. The van der Waals surface area contributed by atoms with Crippen LogP contribution in [0.3, 0.4) is 0 Å². The first-order valence-corrected chi connectivity index (χ1v) is 6.80. The minimum atomic E-state index is -0.0505. The topological polar surface area (TPSA) is 38.8 Å². The Balaban J connectivity index is 1.66. The molecule has 1 fully saturated rings. The van der Waals surface area contributed by atoms with Crippen molar-refractivity contribution < 1.29 is 14.3 Å². The SMILES string of the molecule is CO[C@@H]1CCN(C(=O)[C@@H]2COc3ccccc3C2)C1. The molecule has 0 spiro atoms. The van der Waals surface area contributed by atoms with Crippen molar-refractivity contribution in [2.45, 2.75) is 18.9 Å². The van der Waals surface area contributed by atoms with E-state index in [-0.39, 0.29) is 17.9 Å². The number of rotatable bonds is 2. The van der Waals surface area contributed by atoms with Crippen LogP contribution < -0.4 is 4.74 Å². The van der Waals surface area contributed by atoms with Crippen LogP contribution >= 0.6 is 0 Å². The van der Waals surface area contributed by atoms with Gasteiger partial charge in [-0.05, 0) is 24.5 Å². The van der Waals surface area contributed by atoms with Gasteiger partial charge in [-0.3, -0.25) is 4.79 Å². The number of carbonyl (C=O) groups is 1. The number of para-hydroxylation sites is 1. The molecule has 102 valence electrons. The van der Waals surface area contributed by atoms with Crippen molar-refractivity contribution >= 4 is 5.91 Å². The van der Waals surface area contributed by atoms with Gasteiger partial charge in [0.1, 0.15) is 12.4 Å². The lowest BCUT2D eigenvalue weighted by Crippen LogP contribution is -2.40. The normalized spacial score (nSPS) is 25.8. The summed E-state index contributed by atoms with van der Waals surface area (Å²) in [5, 5.41) is 0. The summed E-state index contributed by atoms with van der Waals surface area (Å²) in [7, 11) is 1.71. The fourth-order valence-electron chi connectivity index (χ4n) is 2.87. The molecule has 1 saturated heterocycles. The zero-order valence-corrected chi connectivity index (χ0v) is 11.2. The summed E-state index contributed by atoms with van der Waals surface area (Å²) in [6, 6.07) is 7.96. The number of carbonyl (C=O) groups excluding carboxylic acids is 1. The third-order valence-electron chi connectivity index (χ3n) is 4.02. The van der Waals surface area contributed by atoms with Crippen LogP contribution in [0, 0.1) is 5.92 Å². The second kappa shape index (κ2) is 5.21. The van der Waals surface area contributed by atoms with Crippen molar-refractivity contribution in [3.8, 4) is 5.75 Å². The summed E-state index contributed by atoms with van der Waals surface area (Å²) in [4.78, 5) is 14.4. The van der Waals surface area contributed by atoms with Gasteiger partial charge in [0.15, 0.2) is 0 Å². The van der Waals surface area contributed by atoms with Crippen molar-refractivity contribution in [3.63, 3.8) is 0 Å². The van der Waals surface area contributed by atoms with Crippen LogP contribution in [0.4, 0.5) is 0 Å². The molecular formula is C15H19NO3. The molecule has 1 aromatic rings. The second-order valence-electron chi connectivity index (χ2n) is 5.25. The first kappa shape index (κ1) is 12.5. The Kier molecular flexibility index (Phi) is 3.42. The smallest absolute Gasteiger partial charge is 0.229 e. The maximum atomic E-state index is 12.5. The van der Waals surface area contributed by atoms with E-state index < -0.39 is 0 Å². The number of likely N-dealkylation sites (tertiary alicyclic amines) is 1. The summed E-state index contributed by atoms with van der Waals surface area (Å²) in [6.45, 7) is 2.01. The molecule has 19 heavy (non-hydrogen) atoms. The van der Waals surface area contributed by atoms with Crippen LogP contribution in [-0.4, -0.2) is 43.7 Å². The van der Waals surface area contributed by atoms with E-state index in [1.54, 1.807) is 7.11 Å². The minimum Gasteiger partial charge on any atom is -0.492 e. The lowest BCUT2D eigenvalue weighted by atomic mass is 9.95. The highest BCUT2D eigenvalue weighted by Crippen LogP contribution is 2.28. The molecule has 2 aliphatic rings. The Hall–Kier alpha value is -1.55. The van der Waals surface area contributed by atoms with E-state index in [4.69, 9.17) is 9.47 Å². The van der Waals surface area contributed by atoms with E-state index in [0.29, 0.717) is 13.2 Å². The van der Waals surface area contributed by atoms with Gasteiger partial charge in [-0.1, -0.05) is 18.2 Å². The predicted molar refractivity (Wildman–Crippen MR) is 71.1 cm³/mol. The van der Waals surface area contributed by atoms with Gasteiger partial charge in [0.25, 0.3) is 0 Å². The van der Waals surface area contributed by atoms with Crippen molar-refractivity contribution in [1.29, 1.82) is 0 Å². The summed E-state index contributed by atoms with van der Waals surface area (Å²) in [5.41, 5.74) is 1.13. The third-order valence-corrected chi connectivity index (χ3v) is 4.02. The van der Waals surface area contributed by atoms with E-state index in [1.807, 2.05) is 29.2 Å². The Morgan fingerprint density at radius 1 is 1.42 bits per heavy atom. The van der Waals surface area contributed by atoms with E-state index in [2.05, 4.69) is 0 Å². The maximum absolute atomic E-state index is 12.5. The van der Waals surface area contributed by atoms with Gasteiger partial charge in [-0.2, -0.15) is 0 Å². The Morgan fingerprint density at radius 2 is 2.26 bits per heavy atom. The molecule has 2 heterocycles. The zero-order valence-electron chi connectivity index (χ0n) is 11.2. The zero-order chi connectivity index (χ0) is 13.2. The number of amides is 1. The monoisotopic (exact) mass is 261 g/mol. The summed E-state index contributed by atoms with van der Waals surface area (Å²) >= 11 is 0. The molecule has 1 amide bonds. The van der Waals surface area contributed by atoms with Crippen LogP contribution in [0.15, 0.2) is 24.3 Å². The molecule has 4 nitrogen and oxygen atoms in total. The first-order chi connectivity index (χ1) is 9.28. The number of fused-ring (bicyclic) bond motifs is 1. The molecule has 1 aromatic carbocycles. The van der Waals surface area contributed by atoms with E-state index in [0.717, 1.165) is 30.7 Å². The fraction of sp³-hybridized carbons (Fsp3) is 0.533. The van der Waals surface area contributed by atoms with Crippen LogP contribution in [0.1, 0.15) is 12.0 Å². The molecular weight excluding hydrogens is 242 g/mol. The third kappa shape index (κ3) is 2.45. The van der Waals surface area contributed by atoms with Gasteiger partial charge in [-0.25, -0.2) is 0 Å². The number of hydrogen-bond donors (Lipinski definition) is 0. The van der Waals surface area contributed by atoms with Crippen molar-refractivity contribution in [2.75, 3.05) is 26.8 Å². The number of ether oxygens (including phenoxy) is 2. The molecule has 2 atom stereocenters. The van der Waals surface area contributed by atoms with Crippen LogP contribution in [-0.2, 0) is 16.0 Å². The van der Waals surface area contributed by atoms with Gasteiger partial charge in [-0.15, -0.1) is 0 Å². The highest BCUT2D eigenvalue weighted by atomic mass is 16.5. The minimum absolute atomic E-state index is 0.0505. The Bertz CT molecular complexity index is 474. The molecule has 0 aromatic heterocycles. The van der Waals surface area contributed by atoms with Gasteiger partial charge < -0.3 is 14.4 Å². The molecule has 2 aliphatic heterocycles. The lowest BCUT2D eigenvalue weighted by molar-refractivity contribution is -0.136. The molecule has 0 saturated carbocycles. The molecule has 3 rings (SSSR count). The van der Waals surface area contributed by atoms with Crippen LogP contribution in [0.25, 0.3) is 0 Å². The number of hydrogen-bond acceptors (Lipinski definition) is 3. The van der Waals surface area contributed by atoms with Gasteiger partial charge >= 0.3 is 0 Å². The predicted octanol–water partition coefficient (Wildman–Crippen LogP) is 1.48. The Morgan fingerprint density at radius 3 is 3.05 bits per heavy atom. The first-order valence-electron chi connectivity index (χ1n) is 6.80. The number of nitrogens with zero attached hydrogens (tertiary/aromatic N) is 1. The quantitative estimate of drug-likeness (QED) is 0.809. The molecule has 0 unspecified atom stereocenters. The standard InChI is InChI=1S/C15H19NO3/c1-18-13-6-7-16(9-13)15(17)12-8-11-4-2-3-5-14(11)19-10-12/h2-5,12-13H,6-10H2,1H3/t12-,13+/m0/s1. The maximum Gasteiger partial charge on any atom is 0.229 e. The molecule has 0 bridgehead atoms. The lowest BCUT2D eigenvalue weighted by Gasteiger charge is -2.28.